The number of piperazine rings is 1. The molecule has 1 aliphatic rings. The second-order valence-corrected chi connectivity index (χ2v) is 11.9. The van der Waals surface area contributed by atoms with E-state index in [1.54, 1.807) is 29.3 Å². The molecule has 1 amide bonds. The van der Waals surface area contributed by atoms with E-state index in [0.717, 1.165) is 11.5 Å². The van der Waals surface area contributed by atoms with Crippen molar-refractivity contribution in [3.63, 3.8) is 0 Å². The van der Waals surface area contributed by atoms with Crippen LogP contribution in [0.3, 0.4) is 0 Å². The molecule has 8 nitrogen and oxygen atoms in total. The summed E-state index contributed by atoms with van der Waals surface area (Å²) in [7, 11) is 22.8. The van der Waals surface area contributed by atoms with Crippen molar-refractivity contribution >= 4 is 71.8 Å². The van der Waals surface area contributed by atoms with Gasteiger partial charge in [-0.15, -0.1) is 5.98 Å². The van der Waals surface area contributed by atoms with Gasteiger partial charge in [0.05, 0.1) is 43.2 Å². The third kappa shape index (κ3) is 6.17. The van der Waals surface area contributed by atoms with Crippen molar-refractivity contribution in [2.45, 2.75) is 39.7 Å². The number of hydrogen-bond acceptors (Lipinski definition) is 6. The lowest BCUT2D eigenvalue weighted by atomic mass is 9.77. The van der Waals surface area contributed by atoms with E-state index in [-0.39, 0.29) is 50.6 Å². The molecule has 14 heteroatoms. The van der Waals surface area contributed by atoms with Gasteiger partial charge >= 0.3 is 5.69 Å². The molecule has 1 atom stereocenters. The minimum absolute atomic E-state index is 0.0324. The van der Waals surface area contributed by atoms with Gasteiger partial charge in [0.15, 0.2) is 5.65 Å². The summed E-state index contributed by atoms with van der Waals surface area (Å²) in [6.45, 7) is 8.64. The number of aryl methyl sites for hydroxylation is 1. The molecule has 1 fully saturated rings. The monoisotopic (exact) mass is 626 g/mol. The van der Waals surface area contributed by atoms with E-state index in [1.165, 1.54) is 22.8 Å². The van der Waals surface area contributed by atoms with E-state index in [4.69, 9.17) is 48.0 Å². The lowest BCUT2D eigenvalue weighted by molar-refractivity contribution is -0.127. The molecule has 46 heavy (non-hydrogen) atoms. The molecule has 4 aromatic rings. The molecule has 0 unspecified atom stereocenters. The number of rotatable bonds is 6. The van der Waals surface area contributed by atoms with Crippen molar-refractivity contribution in [1.82, 2.24) is 24.4 Å². The summed E-state index contributed by atoms with van der Waals surface area (Å²) in [5.74, 6) is 0.362. The summed E-state index contributed by atoms with van der Waals surface area (Å²) >= 11 is 6.89. The van der Waals surface area contributed by atoms with E-state index in [0.29, 0.717) is 47.8 Å². The van der Waals surface area contributed by atoms with Crippen molar-refractivity contribution in [1.29, 1.82) is 0 Å². The van der Waals surface area contributed by atoms with Crippen LogP contribution in [-0.4, -0.2) is 87.4 Å². The van der Waals surface area contributed by atoms with Crippen molar-refractivity contribution in [3.8, 4) is 16.9 Å². The second-order valence-electron chi connectivity index (χ2n) is 11.5. The highest BCUT2D eigenvalue weighted by Crippen LogP contribution is 2.38. The smallest absolute Gasteiger partial charge is 0.350 e. The normalized spacial score (nSPS) is 15.5. The molecule has 3 aromatic heterocycles. The Hall–Kier alpha value is -4.11. The van der Waals surface area contributed by atoms with Gasteiger partial charge in [0, 0.05) is 37.4 Å². The van der Waals surface area contributed by atoms with Gasteiger partial charge in [-0.3, -0.25) is 9.78 Å². The Balaban J connectivity index is 1.81. The molecule has 0 aliphatic carbocycles. The predicted molar refractivity (Wildman–Crippen MR) is 185 cm³/mol. The SMILES string of the molecule is [B]/C=C(\[B])C(=O)N1CCN(c2nc(=O)n(-c3c(C)ccnc3C(C)C)c3nc(-c4c(F)cccc4C=C([B])[B])c(Cl)cc23)[C@@H](C)C1. The maximum Gasteiger partial charge on any atom is 0.355 e. The first-order chi connectivity index (χ1) is 21.8. The Labute approximate surface area is 277 Å². The van der Waals surface area contributed by atoms with Crippen LogP contribution in [0.2, 0.25) is 5.02 Å². The van der Waals surface area contributed by atoms with Crippen LogP contribution >= 0.6 is 11.6 Å². The fourth-order valence-corrected chi connectivity index (χ4v) is 6.03. The number of hydrogen-bond donors (Lipinski definition) is 0. The summed E-state index contributed by atoms with van der Waals surface area (Å²) < 4.78 is 17.0. The highest BCUT2D eigenvalue weighted by molar-refractivity contribution is 6.50. The Kier molecular flexibility index (Phi) is 9.63. The summed E-state index contributed by atoms with van der Waals surface area (Å²) in [6, 6.07) is 7.59. The Morgan fingerprint density at radius 1 is 1.15 bits per heavy atom. The van der Waals surface area contributed by atoms with Crippen LogP contribution in [-0.2, 0) is 4.79 Å². The first-order valence-electron chi connectivity index (χ1n) is 14.7. The van der Waals surface area contributed by atoms with Gasteiger partial charge in [-0.25, -0.2) is 18.7 Å². The summed E-state index contributed by atoms with van der Waals surface area (Å²) in [5.41, 5.74) is 2.01. The molecule has 1 saturated heterocycles. The van der Waals surface area contributed by atoms with Crippen molar-refractivity contribution in [2.24, 2.45) is 0 Å². The maximum atomic E-state index is 15.5. The minimum atomic E-state index is -0.609. The minimum Gasteiger partial charge on any atom is -0.350 e. The van der Waals surface area contributed by atoms with Gasteiger partial charge in [-0.1, -0.05) is 43.7 Å². The molecule has 8 radical (unpaired) electrons. The molecule has 5 rings (SSSR count). The Bertz CT molecular complexity index is 1980. The van der Waals surface area contributed by atoms with E-state index < -0.39 is 11.5 Å². The van der Waals surface area contributed by atoms with Crippen LogP contribution < -0.4 is 10.6 Å². The average Bonchev–Trinajstić information content (AvgIpc) is 3.00. The molecule has 1 aromatic carbocycles. The first kappa shape index (κ1) is 33.3. The predicted octanol–water partition coefficient (Wildman–Crippen LogP) is 3.92. The molecule has 224 valence electrons. The molecule has 4 heterocycles. The topological polar surface area (TPSA) is 84.2 Å². The molecular formula is C32H28B4ClFN6O2. The molecule has 0 N–H and O–H groups in total. The molecule has 0 saturated carbocycles. The van der Waals surface area contributed by atoms with E-state index >= 15 is 4.39 Å². The zero-order valence-corrected chi connectivity index (χ0v) is 26.7. The average molecular weight is 626 g/mol. The summed E-state index contributed by atoms with van der Waals surface area (Å²) in [6.07, 6.45) is 3.10. The lowest BCUT2D eigenvalue weighted by Crippen LogP contribution is -2.54. The van der Waals surface area contributed by atoms with Gasteiger partial charge in [0.2, 0.25) is 5.91 Å². The van der Waals surface area contributed by atoms with E-state index in [2.05, 4.69) is 9.97 Å². The number of pyridine rings is 2. The number of benzene rings is 1. The second kappa shape index (κ2) is 13.3. The van der Waals surface area contributed by atoms with Gasteiger partial charge in [0.25, 0.3) is 0 Å². The number of carbonyl (C=O) groups excluding carboxylic acids is 1. The Morgan fingerprint density at radius 2 is 1.89 bits per heavy atom. The number of halogens is 2. The van der Waals surface area contributed by atoms with E-state index in [9.17, 15) is 9.59 Å². The number of anilines is 1. The lowest BCUT2D eigenvalue weighted by Gasteiger charge is -2.41. The highest BCUT2D eigenvalue weighted by atomic mass is 35.5. The van der Waals surface area contributed by atoms with Crippen molar-refractivity contribution in [3.05, 3.63) is 91.5 Å². The van der Waals surface area contributed by atoms with E-state index in [1.807, 2.05) is 32.6 Å². The standard InChI is InChI=1S/C32H28B4ClFN6O2/c1-16(2)26-28(17(3)8-9-39-26)44-30-20(13-22(37)27(40-30)25-19(12-24(35)36)6-5-7-23(25)38)29(41-32(44)46)43-11-10-42(15-18(43)4)31(45)21(34)14-33/h5-9,12-14,16,18H,10-11,15H2,1-4H3/b21-14-/t18-/m0/s1. The van der Waals surface area contributed by atoms with Gasteiger partial charge in [-0.05, 0) is 54.6 Å². The van der Waals surface area contributed by atoms with Crippen LogP contribution in [0.25, 0.3) is 34.1 Å². The largest absolute Gasteiger partial charge is 0.355 e. The third-order valence-electron chi connectivity index (χ3n) is 7.94. The molecule has 0 bridgehead atoms. The number of aromatic nitrogens is 4. The maximum absolute atomic E-state index is 15.5. The Morgan fingerprint density at radius 3 is 2.54 bits per heavy atom. The van der Waals surface area contributed by atoms with Crippen LogP contribution in [0.4, 0.5) is 10.2 Å². The van der Waals surface area contributed by atoms with Gasteiger partial charge in [-0.2, -0.15) is 10.4 Å². The summed E-state index contributed by atoms with van der Waals surface area (Å²) in [4.78, 5) is 44.4. The molecule has 0 spiro atoms. The van der Waals surface area contributed by atoms with Gasteiger partial charge in [0.1, 0.15) is 27.3 Å². The fourth-order valence-electron chi connectivity index (χ4n) is 5.79. The van der Waals surface area contributed by atoms with Crippen molar-refractivity contribution in [2.75, 3.05) is 24.5 Å². The summed E-state index contributed by atoms with van der Waals surface area (Å²) in [5, 5.41) is 0.534. The van der Waals surface area contributed by atoms with Crippen LogP contribution in [0.15, 0.2) is 58.1 Å². The highest BCUT2D eigenvalue weighted by Gasteiger charge is 2.31. The molecule has 1 aliphatic heterocycles. The first-order valence-corrected chi connectivity index (χ1v) is 15.1. The number of fused-ring (bicyclic) bond motifs is 1. The van der Waals surface area contributed by atoms with Crippen LogP contribution in [0, 0.1) is 12.7 Å². The van der Waals surface area contributed by atoms with Crippen LogP contribution in [0.1, 0.15) is 43.5 Å². The van der Waals surface area contributed by atoms with Crippen molar-refractivity contribution < 1.29 is 9.18 Å². The zero-order chi connectivity index (χ0) is 33.4. The quantitative estimate of drug-likeness (QED) is 0.239. The number of carbonyl (C=O) groups is 1. The number of nitrogens with zero attached hydrogens (tertiary/aromatic N) is 6. The fraction of sp³-hybridized carbons (Fsp3) is 0.281. The van der Waals surface area contributed by atoms with Gasteiger partial charge < -0.3 is 9.80 Å². The van der Waals surface area contributed by atoms with Crippen LogP contribution in [0.5, 0.6) is 0 Å². The molecular weight excluding hydrogens is 598 g/mol. The zero-order valence-electron chi connectivity index (χ0n) is 26.0. The third-order valence-corrected chi connectivity index (χ3v) is 8.23. The number of amides is 1.